The molecule has 0 amide bonds. The SMILES string of the molecule is NCC1CCCC1Nc1nc2c([N+](=O)[O-])cccc2o1. The Bertz CT molecular complexity index is 640. The average molecular weight is 276 g/mol. The van der Waals surface area contributed by atoms with E-state index < -0.39 is 4.92 Å². The van der Waals surface area contributed by atoms with Crippen molar-refractivity contribution in [2.75, 3.05) is 11.9 Å². The van der Waals surface area contributed by atoms with Crippen molar-refractivity contribution in [1.29, 1.82) is 0 Å². The molecular weight excluding hydrogens is 260 g/mol. The molecule has 0 bridgehead atoms. The number of benzene rings is 1. The number of anilines is 1. The summed E-state index contributed by atoms with van der Waals surface area (Å²) in [7, 11) is 0. The Hall–Kier alpha value is -2.15. The molecule has 1 saturated carbocycles. The molecule has 0 saturated heterocycles. The van der Waals surface area contributed by atoms with Crippen LogP contribution in [-0.4, -0.2) is 22.5 Å². The molecular formula is C13H16N4O3. The van der Waals surface area contributed by atoms with Crippen molar-refractivity contribution in [1.82, 2.24) is 4.98 Å². The van der Waals surface area contributed by atoms with Gasteiger partial charge in [-0.3, -0.25) is 10.1 Å². The fraction of sp³-hybridized carbons (Fsp3) is 0.462. The zero-order valence-corrected chi connectivity index (χ0v) is 10.9. The number of aromatic nitrogens is 1. The molecule has 2 aromatic rings. The van der Waals surface area contributed by atoms with E-state index >= 15 is 0 Å². The number of oxazole rings is 1. The summed E-state index contributed by atoms with van der Waals surface area (Å²) in [6, 6.07) is 5.25. The van der Waals surface area contributed by atoms with E-state index in [-0.39, 0.29) is 17.2 Å². The lowest BCUT2D eigenvalue weighted by Gasteiger charge is -2.17. The van der Waals surface area contributed by atoms with Gasteiger partial charge in [0, 0.05) is 12.1 Å². The monoisotopic (exact) mass is 276 g/mol. The van der Waals surface area contributed by atoms with Gasteiger partial charge in [-0.1, -0.05) is 12.5 Å². The first kappa shape index (κ1) is 12.9. The number of nitro groups is 1. The van der Waals surface area contributed by atoms with E-state index in [1.54, 1.807) is 12.1 Å². The normalized spacial score (nSPS) is 22.2. The van der Waals surface area contributed by atoms with Crippen LogP contribution in [0.4, 0.5) is 11.7 Å². The fourth-order valence-corrected chi connectivity index (χ4v) is 2.81. The number of hydrogen-bond donors (Lipinski definition) is 2. The first-order valence-electron chi connectivity index (χ1n) is 6.69. The first-order valence-corrected chi connectivity index (χ1v) is 6.69. The van der Waals surface area contributed by atoms with E-state index in [0.29, 0.717) is 24.1 Å². The molecule has 1 aliphatic carbocycles. The summed E-state index contributed by atoms with van der Waals surface area (Å²) in [6.07, 6.45) is 3.23. The number of nitro benzene ring substituents is 1. The van der Waals surface area contributed by atoms with Crippen molar-refractivity contribution in [3.8, 4) is 0 Å². The molecule has 1 fully saturated rings. The van der Waals surface area contributed by atoms with Gasteiger partial charge >= 0.3 is 0 Å². The lowest BCUT2D eigenvalue weighted by Crippen LogP contribution is -2.29. The van der Waals surface area contributed by atoms with E-state index in [9.17, 15) is 10.1 Å². The van der Waals surface area contributed by atoms with E-state index in [1.165, 1.54) is 6.07 Å². The van der Waals surface area contributed by atoms with E-state index in [4.69, 9.17) is 10.2 Å². The molecule has 0 aliphatic heterocycles. The van der Waals surface area contributed by atoms with Crippen molar-refractivity contribution in [3.63, 3.8) is 0 Å². The lowest BCUT2D eigenvalue weighted by molar-refractivity contribution is -0.383. The minimum absolute atomic E-state index is 0.0407. The minimum Gasteiger partial charge on any atom is -0.423 e. The first-order chi connectivity index (χ1) is 9.69. The van der Waals surface area contributed by atoms with Gasteiger partial charge in [-0.2, -0.15) is 4.98 Å². The molecule has 2 atom stereocenters. The van der Waals surface area contributed by atoms with Crippen LogP contribution in [0.25, 0.3) is 11.1 Å². The van der Waals surface area contributed by atoms with E-state index in [2.05, 4.69) is 10.3 Å². The van der Waals surface area contributed by atoms with Crippen LogP contribution in [-0.2, 0) is 0 Å². The van der Waals surface area contributed by atoms with Crippen LogP contribution in [0.15, 0.2) is 22.6 Å². The summed E-state index contributed by atoms with van der Waals surface area (Å²) < 4.78 is 5.55. The van der Waals surface area contributed by atoms with Gasteiger partial charge in [0.05, 0.1) is 4.92 Å². The number of rotatable bonds is 4. The zero-order valence-electron chi connectivity index (χ0n) is 10.9. The minimum atomic E-state index is -0.451. The molecule has 3 N–H and O–H groups in total. The van der Waals surface area contributed by atoms with Crippen LogP contribution in [0, 0.1) is 16.0 Å². The number of nitrogens with two attached hydrogens (primary N) is 1. The molecule has 1 aromatic heterocycles. The highest BCUT2D eigenvalue weighted by Crippen LogP contribution is 2.31. The van der Waals surface area contributed by atoms with Gasteiger partial charge in [-0.05, 0) is 31.4 Å². The van der Waals surface area contributed by atoms with Crippen LogP contribution in [0.1, 0.15) is 19.3 Å². The van der Waals surface area contributed by atoms with Gasteiger partial charge in [0.25, 0.3) is 11.7 Å². The van der Waals surface area contributed by atoms with Gasteiger partial charge in [0.15, 0.2) is 11.1 Å². The summed E-state index contributed by atoms with van der Waals surface area (Å²) in [4.78, 5) is 14.7. The largest absolute Gasteiger partial charge is 0.423 e. The van der Waals surface area contributed by atoms with Crippen molar-refractivity contribution >= 4 is 22.8 Å². The third-order valence-electron chi connectivity index (χ3n) is 3.87. The summed E-state index contributed by atoms with van der Waals surface area (Å²) >= 11 is 0. The molecule has 0 radical (unpaired) electrons. The summed E-state index contributed by atoms with van der Waals surface area (Å²) in [5.41, 5.74) is 6.40. The Labute approximate surface area is 115 Å². The predicted octanol–water partition coefficient (Wildman–Crippen LogP) is 2.28. The number of nitrogens with zero attached hydrogens (tertiary/aromatic N) is 2. The van der Waals surface area contributed by atoms with Gasteiger partial charge in [-0.25, -0.2) is 0 Å². The molecule has 2 unspecified atom stereocenters. The maximum Gasteiger partial charge on any atom is 0.298 e. The number of nitrogens with one attached hydrogen (secondary N) is 1. The summed E-state index contributed by atoms with van der Waals surface area (Å²) in [5.74, 6) is 0.403. The highest BCUT2D eigenvalue weighted by Gasteiger charge is 2.27. The highest BCUT2D eigenvalue weighted by atomic mass is 16.6. The second-order valence-corrected chi connectivity index (χ2v) is 5.08. The van der Waals surface area contributed by atoms with Gasteiger partial charge in [-0.15, -0.1) is 0 Å². The summed E-state index contributed by atoms with van der Waals surface area (Å²) in [5, 5.41) is 14.2. The van der Waals surface area contributed by atoms with Crippen LogP contribution >= 0.6 is 0 Å². The molecule has 1 heterocycles. The van der Waals surface area contributed by atoms with Gasteiger partial charge < -0.3 is 15.5 Å². The standard InChI is InChI=1S/C13H16N4O3/c14-7-8-3-1-4-9(8)15-13-16-12-10(17(18)19)5-2-6-11(12)20-13/h2,5-6,8-9H,1,3-4,7,14H2,(H,15,16). The van der Waals surface area contributed by atoms with Crippen molar-refractivity contribution in [3.05, 3.63) is 28.3 Å². The Morgan fingerprint density at radius 1 is 1.50 bits per heavy atom. The number of para-hydroxylation sites is 1. The average Bonchev–Trinajstić information content (AvgIpc) is 3.03. The third kappa shape index (κ3) is 2.20. The highest BCUT2D eigenvalue weighted by molar-refractivity contribution is 5.84. The molecule has 20 heavy (non-hydrogen) atoms. The second kappa shape index (κ2) is 5.09. The Kier molecular flexibility index (Phi) is 3.27. The van der Waals surface area contributed by atoms with Crippen molar-refractivity contribution in [2.24, 2.45) is 11.7 Å². The molecule has 0 spiro atoms. The molecule has 1 aromatic carbocycles. The smallest absolute Gasteiger partial charge is 0.298 e. The molecule has 7 heteroatoms. The number of non-ortho nitro benzene ring substituents is 1. The van der Waals surface area contributed by atoms with Crippen LogP contribution in [0.3, 0.4) is 0 Å². The Morgan fingerprint density at radius 3 is 3.10 bits per heavy atom. The topological polar surface area (TPSA) is 107 Å². The lowest BCUT2D eigenvalue weighted by atomic mass is 10.0. The molecule has 3 rings (SSSR count). The molecule has 1 aliphatic rings. The van der Waals surface area contributed by atoms with Crippen molar-refractivity contribution < 1.29 is 9.34 Å². The Morgan fingerprint density at radius 2 is 2.35 bits per heavy atom. The van der Waals surface area contributed by atoms with Crippen LogP contribution in [0.5, 0.6) is 0 Å². The second-order valence-electron chi connectivity index (χ2n) is 5.08. The maximum absolute atomic E-state index is 11.0. The number of fused-ring (bicyclic) bond motifs is 1. The number of hydrogen-bond acceptors (Lipinski definition) is 6. The molecule has 7 nitrogen and oxygen atoms in total. The fourth-order valence-electron chi connectivity index (χ4n) is 2.81. The van der Waals surface area contributed by atoms with Gasteiger partial charge in [0.2, 0.25) is 0 Å². The zero-order chi connectivity index (χ0) is 14.1. The van der Waals surface area contributed by atoms with Crippen LogP contribution < -0.4 is 11.1 Å². The van der Waals surface area contributed by atoms with E-state index in [0.717, 1.165) is 19.3 Å². The Balaban J connectivity index is 1.89. The predicted molar refractivity (Wildman–Crippen MR) is 74.5 cm³/mol. The van der Waals surface area contributed by atoms with Gasteiger partial charge in [0.1, 0.15) is 0 Å². The third-order valence-corrected chi connectivity index (χ3v) is 3.87. The van der Waals surface area contributed by atoms with Crippen LogP contribution in [0.2, 0.25) is 0 Å². The van der Waals surface area contributed by atoms with Crippen molar-refractivity contribution in [2.45, 2.75) is 25.3 Å². The maximum atomic E-state index is 11.0. The molecule has 106 valence electrons. The van der Waals surface area contributed by atoms with E-state index in [1.807, 2.05) is 0 Å². The summed E-state index contributed by atoms with van der Waals surface area (Å²) in [6.45, 7) is 0.623. The quantitative estimate of drug-likeness (QED) is 0.655.